The molecule has 0 saturated heterocycles. The maximum absolute atomic E-state index is 3.41. The van der Waals surface area contributed by atoms with Gasteiger partial charge in [0.25, 0.3) is 0 Å². The van der Waals surface area contributed by atoms with E-state index in [4.69, 9.17) is 0 Å². The van der Waals surface area contributed by atoms with Gasteiger partial charge in [0.2, 0.25) is 0 Å². The second-order valence-electron chi connectivity index (χ2n) is 5.75. The molecule has 2 aromatic carbocycles. The molecule has 21 heavy (non-hydrogen) atoms. The third-order valence-corrected chi connectivity index (χ3v) is 6.95. The molecule has 0 fully saturated rings. The van der Waals surface area contributed by atoms with Crippen molar-refractivity contribution in [2.75, 3.05) is 0 Å². The minimum absolute atomic E-state index is 0.181. The Kier molecular flexibility index (Phi) is 4.22. The van der Waals surface area contributed by atoms with E-state index in [1.165, 1.54) is 27.8 Å². The summed E-state index contributed by atoms with van der Waals surface area (Å²) in [7, 11) is 0. The molecular formula is C20H20Hg. The summed E-state index contributed by atoms with van der Waals surface area (Å²) in [6.45, 7) is 4.63. The van der Waals surface area contributed by atoms with Crippen LogP contribution in [0, 0.1) is 9.35 Å². The zero-order chi connectivity index (χ0) is 14.9. The van der Waals surface area contributed by atoms with Crippen molar-refractivity contribution in [1.82, 2.24) is 0 Å². The Bertz CT molecular complexity index is 727. The SMILES string of the molecule is CCC1(CC)c2ccccc2-c2ccc(C#[C][Hg][CH3])cc21. The standard InChI is InChI=1S/C19H17.CH3.Hg/c1-4-14-11-12-16-15-9-7-8-10-17(15)19(5-2,6-3)18(16)13-14;;/h7-13H,5-6H2,2-3H3;1H3;. The van der Waals surface area contributed by atoms with Gasteiger partial charge in [0.1, 0.15) is 0 Å². The molecule has 0 spiro atoms. The Morgan fingerprint density at radius 3 is 2.38 bits per heavy atom. The fourth-order valence-corrected chi connectivity index (χ4v) is 5.22. The van der Waals surface area contributed by atoms with Gasteiger partial charge in [0.15, 0.2) is 0 Å². The monoisotopic (exact) mass is 462 g/mol. The molecule has 1 aliphatic rings. The molecule has 0 heterocycles. The molecule has 0 aromatic heterocycles. The van der Waals surface area contributed by atoms with E-state index >= 15 is 0 Å². The average Bonchev–Trinajstić information content (AvgIpc) is 2.83. The van der Waals surface area contributed by atoms with Crippen LogP contribution >= 0.6 is 0 Å². The molecule has 1 aliphatic carbocycles. The van der Waals surface area contributed by atoms with Crippen LogP contribution in [0.1, 0.15) is 43.4 Å². The average molecular weight is 461 g/mol. The van der Waals surface area contributed by atoms with E-state index in [2.05, 4.69) is 70.1 Å². The van der Waals surface area contributed by atoms with Crippen LogP contribution in [0.3, 0.4) is 0 Å². The van der Waals surface area contributed by atoms with E-state index in [1.807, 2.05) is 0 Å². The van der Waals surface area contributed by atoms with Gasteiger partial charge < -0.3 is 0 Å². The van der Waals surface area contributed by atoms with Crippen molar-refractivity contribution in [3.8, 4) is 20.5 Å². The van der Waals surface area contributed by atoms with Gasteiger partial charge in [-0.25, -0.2) is 0 Å². The van der Waals surface area contributed by atoms with E-state index < -0.39 is 24.6 Å². The molecule has 0 atom stereocenters. The summed E-state index contributed by atoms with van der Waals surface area (Å²) in [5.41, 5.74) is 7.22. The predicted octanol–water partition coefficient (Wildman–Crippen LogP) is 5.21. The molecule has 0 nitrogen and oxygen atoms in total. The van der Waals surface area contributed by atoms with Gasteiger partial charge in [0, 0.05) is 0 Å². The fraction of sp³-hybridized carbons (Fsp3) is 0.300. The van der Waals surface area contributed by atoms with Crippen molar-refractivity contribution in [1.29, 1.82) is 0 Å². The predicted molar refractivity (Wildman–Crippen MR) is 86.0 cm³/mol. The molecule has 0 aliphatic heterocycles. The number of hydrogen-bond donors (Lipinski definition) is 0. The first-order valence-electron chi connectivity index (χ1n) is 8.00. The third kappa shape index (κ3) is 2.27. The molecule has 102 valence electrons. The second kappa shape index (κ2) is 5.97. The van der Waals surface area contributed by atoms with Gasteiger partial charge in [-0.1, -0.05) is 0 Å². The van der Waals surface area contributed by atoms with Gasteiger partial charge in [-0.15, -0.1) is 0 Å². The number of fused-ring (bicyclic) bond motifs is 3. The van der Waals surface area contributed by atoms with Crippen molar-refractivity contribution in [3.05, 3.63) is 59.2 Å². The molecule has 0 bridgehead atoms. The van der Waals surface area contributed by atoms with Gasteiger partial charge in [-0.3, -0.25) is 0 Å². The number of benzene rings is 2. The van der Waals surface area contributed by atoms with Crippen molar-refractivity contribution in [3.63, 3.8) is 0 Å². The van der Waals surface area contributed by atoms with E-state index in [1.54, 1.807) is 0 Å². The summed E-state index contributed by atoms with van der Waals surface area (Å²) in [4.78, 5) is 0. The number of hydrogen-bond acceptors (Lipinski definition) is 0. The molecule has 3 rings (SSSR count). The molecule has 0 saturated carbocycles. The van der Waals surface area contributed by atoms with E-state index in [0.29, 0.717) is 0 Å². The van der Waals surface area contributed by atoms with Gasteiger partial charge in [-0.2, -0.15) is 0 Å². The van der Waals surface area contributed by atoms with Crippen molar-refractivity contribution in [2.24, 2.45) is 0 Å². The van der Waals surface area contributed by atoms with Crippen LogP contribution in [0.4, 0.5) is 0 Å². The molecular weight excluding hydrogens is 441 g/mol. The summed E-state index contributed by atoms with van der Waals surface area (Å²) >= 11 is -0.855. The van der Waals surface area contributed by atoms with Crippen LogP contribution in [-0.4, -0.2) is 0 Å². The normalized spacial score (nSPS) is 13.7. The molecule has 2 aromatic rings. The molecule has 0 N–H and O–H groups in total. The Morgan fingerprint density at radius 2 is 1.67 bits per heavy atom. The Balaban J connectivity index is 2.26. The summed E-state index contributed by atoms with van der Waals surface area (Å²) in [6.07, 6.45) is 2.30. The van der Waals surface area contributed by atoms with Gasteiger partial charge in [-0.05, 0) is 0 Å². The Hall–Kier alpha value is -1.06. The van der Waals surface area contributed by atoms with E-state index in [0.717, 1.165) is 12.8 Å². The van der Waals surface area contributed by atoms with Crippen molar-refractivity contribution in [2.45, 2.75) is 36.5 Å². The van der Waals surface area contributed by atoms with Gasteiger partial charge in [0.05, 0.1) is 0 Å². The molecule has 0 radical (unpaired) electrons. The molecule has 0 unspecified atom stereocenters. The van der Waals surface area contributed by atoms with Crippen LogP contribution in [0.5, 0.6) is 0 Å². The zero-order valence-corrected chi connectivity index (χ0v) is 18.7. The van der Waals surface area contributed by atoms with Crippen LogP contribution < -0.4 is 0 Å². The van der Waals surface area contributed by atoms with Crippen LogP contribution in [-0.2, 0) is 30.0 Å². The topological polar surface area (TPSA) is 0 Å². The zero-order valence-electron chi connectivity index (χ0n) is 13.2. The summed E-state index contributed by atoms with van der Waals surface area (Å²) < 4.78 is 5.73. The summed E-state index contributed by atoms with van der Waals surface area (Å²) in [5, 5.41) is 0. The first-order chi connectivity index (χ1) is 10.3. The van der Waals surface area contributed by atoms with E-state index in [9.17, 15) is 0 Å². The van der Waals surface area contributed by atoms with E-state index in [-0.39, 0.29) is 5.41 Å². The van der Waals surface area contributed by atoms with Crippen molar-refractivity contribution >= 4 is 0 Å². The minimum atomic E-state index is -0.855. The quantitative estimate of drug-likeness (QED) is 0.426. The first kappa shape index (κ1) is 14.9. The van der Waals surface area contributed by atoms with Crippen LogP contribution in [0.25, 0.3) is 11.1 Å². The Labute approximate surface area is 140 Å². The second-order valence-corrected chi connectivity index (χ2v) is 9.87. The third-order valence-electron chi connectivity index (χ3n) is 4.88. The maximum atomic E-state index is 3.41. The molecule has 1 heteroatoms. The molecule has 0 amide bonds. The van der Waals surface area contributed by atoms with Gasteiger partial charge >= 0.3 is 141 Å². The summed E-state index contributed by atoms with van der Waals surface area (Å²) in [5.74, 6) is 3.39. The fourth-order valence-electron chi connectivity index (χ4n) is 3.74. The first-order valence-corrected chi connectivity index (χ1v) is 16.2. The van der Waals surface area contributed by atoms with Crippen molar-refractivity contribution < 1.29 is 24.6 Å². The van der Waals surface area contributed by atoms with Crippen LogP contribution in [0.2, 0.25) is 4.43 Å². The Morgan fingerprint density at radius 1 is 0.952 bits per heavy atom. The summed E-state index contributed by atoms with van der Waals surface area (Å²) in [6, 6.07) is 15.8. The number of rotatable bonds is 2. The van der Waals surface area contributed by atoms with Crippen LogP contribution in [0.15, 0.2) is 42.5 Å².